The number of esters is 1. The molecule has 1 aliphatic rings. The molecule has 1 aromatic heterocycles. The van der Waals surface area contributed by atoms with Crippen molar-refractivity contribution in [2.24, 2.45) is 12.8 Å². The molecule has 0 saturated heterocycles. The predicted octanol–water partition coefficient (Wildman–Crippen LogP) is 2.87. The van der Waals surface area contributed by atoms with E-state index in [0.29, 0.717) is 5.56 Å². The number of carbonyl (C=O) groups is 2. The third-order valence-corrected chi connectivity index (χ3v) is 5.75. The van der Waals surface area contributed by atoms with Crippen LogP contribution in [0.4, 0.5) is 0 Å². The van der Waals surface area contributed by atoms with Crippen molar-refractivity contribution in [2.75, 3.05) is 13.7 Å². The summed E-state index contributed by atoms with van der Waals surface area (Å²) in [6, 6.07) is 11.9. The fourth-order valence-electron chi connectivity index (χ4n) is 4.07. The Hall–Kier alpha value is -3.19. The minimum Gasteiger partial charge on any atom is -0.469 e. The molecule has 0 saturated carbocycles. The quantitative estimate of drug-likeness (QED) is 0.635. The highest BCUT2D eigenvalue weighted by atomic mass is 16.5. The van der Waals surface area contributed by atoms with Crippen LogP contribution < -0.4 is 11.1 Å². The number of aryl methyl sites for hydroxylation is 2. The molecule has 3 aromatic rings. The van der Waals surface area contributed by atoms with E-state index in [1.54, 1.807) is 12.1 Å². The number of benzene rings is 2. The van der Waals surface area contributed by atoms with E-state index in [-0.39, 0.29) is 30.9 Å². The van der Waals surface area contributed by atoms with Crippen molar-refractivity contribution in [3.63, 3.8) is 0 Å². The first-order valence-electron chi connectivity index (χ1n) is 10.2. The molecule has 0 bridgehead atoms. The maximum absolute atomic E-state index is 12.4. The van der Waals surface area contributed by atoms with E-state index in [1.165, 1.54) is 18.2 Å². The Bertz CT molecular complexity index is 1120. The van der Waals surface area contributed by atoms with Crippen molar-refractivity contribution >= 4 is 22.9 Å². The van der Waals surface area contributed by atoms with Gasteiger partial charge in [0, 0.05) is 30.8 Å². The second-order valence-corrected chi connectivity index (χ2v) is 7.69. The van der Waals surface area contributed by atoms with Crippen LogP contribution in [0.5, 0.6) is 0 Å². The largest absolute Gasteiger partial charge is 0.469 e. The first kappa shape index (κ1) is 20.1. The van der Waals surface area contributed by atoms with Crippen LogP contribution >= 0.6 is 0 Å². The zero-order valence-electron chi connectivity index (χ0n) is 17.3. The summed E-state index contributed by atoms with van der Waals surface area (Å²) in [5.41, 5.74) is 12.0. The topological polar surface area (TPSA) is 99.2 Å². The van der Waals surface area contributed by atoms with Crippen LogP contribution in [0.15, 0.2) is 36.4 Å². The molecular weight excluding hydrogens is 380 g/mol. The van der Waals surface area contributed by atoms with E-state index < -0.39 is 0 Å². The molecule has 30 heavy (non-hydrogen) atoms. The molecule has 1 heterocycles. The highest BCUT2D eigenvalue weighted by molar-refractivity contribution is 5.98. The first-order valence-corrected chi connectivity index (χ1v) is 10.2. The SMILES string of the molecule is COC(=O)CCNC(=O)c1ccc2c(c1)nc(-c1ccc3c(c1)CCCC3N)n2C. The van der Waals surface area contributed by atoms with Crippen LogP contribution in [0, 0.1) is 0 Å². The summed E-state index contributed by atoms with van der Waals surface area (Å²) < 4.78 is 6.62. The van der Waals surface area contributed by atoms with Crippen molar-refractivity contribution in [3.8, 4) is 11.4 Å². The van der Waals surface area contributed by atoms with Crippen LogP contribution in [-0.4, -0.2) is 35.1 Å². The van der Waals surface area contributed by atoms with Gasteiger partial charge in [-0.05, 0) is 54.7 Å². The Morgan fingerprint density at radius 2 is 2.10 bits per heavy atom. The van der Waals surface area contributed by atoms with E-state index in [4.69, 9.17) is 10.7 Å². The summed E-state index contributed by atoms with van der Waals surface area (Å²) in [4.78, 5) is 28.4. The third-order valence-electron chi connectivity index (χ3n) is 5.75. The average molecular weight is 406 g/mol. The van der Waals surface area contributed by atoms with Crippen molar-refractivity contribution in [2.45, 2.75) is 31.7 Å². The lowest BCUT2D eigenvalue weighted by atomic mass is 9.87. The van der Waals surface area contributed by atoms with E-state index in [0.717, 1.165) is 41.7 Å². The number of nitrogens with two attached hydrogens (primary N) is 1. The van der Waals surface area contributed by atoms with Gasteiger partial charge >= 0.3 is 5.97 Å². The molecule has 1 amide bonds. The molecule has 2 aromatic carbocycles. The van der Waals surface area contributed by atoms with Crippen LogP contribution in [0.25, 0.3) is 22.4 Å². The average Bonchev–Trinajstić information content (AvgIpc) is 3.09. The molecule has 156 valence electrons. The van der Waals surface area contributed by atoms with Crippen LogP contribution in [0.3, 0.4) is 0 Å². The normalized spacial score (nSPS) is 15.6. The smallest absolute Gasteiger partial charge is 0.307 e. The molecule has 0 fully saturated rings. The summed E-state index contributed by atoms with van der Waals surface area (Å²) in [5.74, 6) is 0.261. The molecule has 0 spiro atoms. The first-order chi connectivity index (χ1) is 14.5. The van der Waals surface area contributed by atoms with E-state index >= 15 is 0 Å². The van der Waals surface area contributed by atoms with Gasteiger partial charge in [0.15, 0.2) is 0 Å². The molecule has 0 radical (unpaired) electrons. The summed E-state index contributed by atoms with van der Waals surface area (Å²) in [6.07, 6.45) is 3.31. The molecule has 1 unspecified atom stereocenters. The van der Waals surface area contributed by atoms with E-state index in [9.17, 15) is 9.59 Å². The molecule has 1 aliphatic carbocycles. The number of rotatable bonds is 5. The number of fused-ring (bicyclic) bond motifs is 2. The summed E-state index contributed by atoms with van der Waals surface area (Å²) in [7, 11) is 3.31. The highest BCUT2D eigenvalue weighted by Gasteiger charge is 2.19. The monoisotopic (exact) mass is 406 g/mol. The van der Waals surface area contributed by atoms with Crippen molar-refractivity contribution < 1.29 is 14.3 Å². The van der Waals surface area contributed by atoms with Gasteiger partial charge in [0.25, 0.3) is 5.91 Å². The number of ether oxygens (including phenoxy) is 1. The number of imidazole rings is 1. The number of nitrogens with zero attached hydrogens (tertiary/aromatic N) is 2. The Balaban J connectivity index is 1.60. The van der Waals surface area contributed by atoms with Crippen LogP contribution in [-0.2, 0) is 23.0 Å². The summed E-state index contributed by atoms with van der Waals surface area (Å²) >= 11 is 0. The second-order valence-electron chi connectivity index (χ2n) is 7.69. The van der Waals surface area contributed by atoms with Gasteiger partial charge < -0.3 is 20.4 Å². The second kappa shape index (κ2) is 8.28. The summed E-state index contributed by atoms with van der Waals surface area (Å²) in [5, 5.41) is 2.73. The Kier molecular flexibility index (Phi) is 5.55. The molecular formula is C23H26N4O3. The minimum atomic E-state index is -0.355. The lowest BCUT2D eigenvalue weighted by Gasteiger charge is -2.22. The number of carbonyl (C=O) groups excluding carboxylic acids is 2. The molecule has 0 aliphatic heterocycles. The fraction of sp³-hybridized carbons (Fsp3) is 0.348. The van der Waals surface area contributed by atoms with Gasteiger partial charge in [0.05, 0.1) is 24.6 Å². The summed E-state index contributed by atoms with van der Waals surface area (Å²) in [6.45, 7) is 0.230. The lowest BCUT2D eigenvalue weighted by molar-refractivity contribution is -0.140. The highest BCUT2D eigenvalue weighted by Crippen LogP contribution is 2.32. The maximum atomic E-state index is 12.4. The van der Waals surface area contributed by atoms with E-state index in [2.05, 4.69) is 28.3 Å². The minimum absolute atomic E-state index is 0.114. The molecule has 1 atom stereocenters. The molecule has 3 N–H and O–H groups in total. The van der Waals surface area contributed by atoms with Gasteiger partial charge in [-0.1, -0.05) is 12.1 Å². The Labute approximate surface area is 175 Å². The Morgan fingerprint density at radius 1 is 1.27 bits per heavy atom. The van der Waals surface area contributed by atoms with Gasteiger partial charge in [0.2, 0.25) is 0 Å². The number of aromatic nitrogens is 2. The molecule has 7 heteroatoms. The van der Waals surface area contributed by atoms with Crippen molar-refractivity contribution in [1.82, 2.24) is 14.9 Å². The number of amides is 1. The predicted molar refractivity (Wildman–Crippen MR) is 115 cm³/mol. The van der Waals surface area contributed by atoms with Gasteiger partial charge in [-0.15, -0.1) is 0 Å². The van der Waals surface area contributed by atoms with Crippen LogP contribution in [0.2, 0.25) is 0 Å². The number of nitrogens with one attached hydrogen (secondary N) is 1. The van der Waals surface area contributed by atoms with Gasteiger partial charge in [-0.2, -0.15) is 0 Å². The Morgan fingerprint density at radius 3 is 2.90 bits per heavy atom. The van der Waals surface area contributed by atoms with Crippen LogP contribution in [0.1, 0.15) is 46.8 Å². The standard InChI is InChI=1S/C23H26N4O3/c1-27-20-9-7-16(23(29)25-11-10-21(28)30-2)13-19(20)26-22(27)15-6-8-17-14(12-15)4-3-5-18(17)24/h6-9,12-13,18H,3-5,10-11,24H2,1-2H3,(H,25,29). The molecule has 7 nitrogen and oxygen atoms in total. The number of hydrogen-bond acceptors (Lipinski definition) is 5. The maximum Gasteiger partial charge on any atom is 0.307 e. The number of hydrogen-bond donors (Lipinski definition) is 2. The van der Waals surface area contributed by atoms with Gasteiger partial charge in [-0.25, -0.2) is 4.98 Å². The third kappa shape index (κ3) is 3.80. The number of methoxy groups -OCH3 is 1. The van der Waals surface area contributed by atoms with Crippen molar-refractivity contribution in [3.05, 3.63) is 53.1 Å². The lowest BCUT2D eigenvalue weighted by Crippen LogP contribution is -2.26. The van der Waals surface area contributed by atoms with Crippen molar-refractivity contribution in [1.29, 1.82) is 0 Å². The van der Waals surface area contributed by atoms with Gasteiger partial charge in [-0.3, -0.25) is 9.59 Å². The zero-order chi connectivity index (χ0) is 21.3. The van der Waals surface area contributed by atoms with Gasteiger partial charge in [0.1, 0.15) is 5.82 Å². The zero-order valence-corrected chi connectivity index (χ0v) is 17.3. The molecule has 4 rings (SSSR count). The van der Waals surface area contributed by atoms with E-state index in [1.807, 2.05) is 17.7 Å². The fourth-order valence-corrected chi connectivity index (χ4v) is 4.07.